The Hall–Kier alpha value is -2.14. The molecule has 1 aromatic heterocycles. The van der Waals surface area contributed by atoms with E-state index >= 15 is 0 Å². The van der Waals surface area contributed by atoms with Crippen LogP contribution in [0.1, 0.15) is 18.4 Å². The Morgan fingerprint density at radius 1 is 1.41 bits per heavy atom. The van der Waals surface area contributed by atoms with Gasteiger partial charge in [0.25, 0.3) is 0 Å². The highest BCUT2D eigenvalue weighted by atomic mass is 16.5. The van der Waals surface area contributed by atoms with Crippen LogP contribution in [0, 0.1) is 5.92 Å². The van der Waals surface area contributed by atoms with E-state index in [1.807, 2.05) is 37.4 Å². The van der Waals surface area contributed by atoms with Crippen LogP contribution in [0.4, 0.5) is 0 Å². The molecule has 0 aliphatic carbocycles. The van der Waals surface area contributed by atoms with Crippen molar-refractivity contribution in [3.63, 3.8) is 0 Å². The molecule has 0 spiro atoms. The highest BCUT2D eigenvalue weighted by Gasteiger charge is 2.22. The Morgan fingerprint density at radius 2 is 2.23 bits per heavy atom. The number of hydrogen-bond donors (Lipinski definition) is 1. The summed E-state index contributed by atoms with van der Waals surface area (Å²) in [5.74, 6) is 0.531. The van der Waals surface area contributed by atoms with E-state index in [-0.39, 0.29) is 5.91 Å². The fraction of sp³-hybridized carbons (Fsp3) is 0.412. The van der Waals surface area contributed by atoms with Gasteiger partial charge in [0.2, 0.25) is 5.91 Å². The fourth-order valence-electron chi connectivity index (χ4n) is 2.78. The summed E-state index contributed by atoms with van der Waals surface area (Å²) in [6, 6.07) is 10.0. The zero-order valence-corrected chi connectivity index (χ0v) is 12.8. The summed E-state index contributed by atoms with van der Waals surface area (Å²) in [5, 5.41) is 7.16. The second kappa shape index (κ2) is 6.75. The molecule has 0 unspecified atom stereocenters. The maximum absolute atomic E-state index is 12.3. The summed E-state index contributed by atoms with van der Waals surface area (Å²) in [4.78, 5) is 14.1. The average molecular weight is 299 g/mol. The molecule has 1 N–H and O–H groups in total. The van der Waals surface area contributed by atoms with E-state index in [1.54, 1.807) is 11.1 Å². The number of nitrogens with one attached hydrogen (secondary N) is 1. The zero-order chi connectivity index (χ0) is 15.4. The standard InChI is InChI=1S/C17H21N3O2/c1-20(16(21)9-13-7-8-22-12-13)11-15-10-18-19-17(15)14-5-3-2-4-6-14/h2-6,10,13H,7-9,11-12H2,1H3,(H,18,19)/t13-/m0/s1. The van der Waals surface area contributed by atoms with Crippen molar-refractivity contribution in [3.05, 3.63) is 42.1 Å². The zero-order valence-electron chi connectivity index (χ0n) is 12.8. The molecule has 0 radical (unpaired) electrons. The first-order valence-electron chi connectivity index (χ1n) is 7.63. The van der Waals surface area contributed by atoms with Gasteiger partial charge in [0, 0.05) is 38.8 Å². The molecule has 3 rings (SSSR count). The topological polar surface area (TPSA) is 58.2 Å². The molecule has 2 aromatic rings. The van der Waals surface area contributed by atoms with Crippen LogP contribution in [-0.2, 0) is 16.1 Å². The van der Waals surface area contributed by atoms with E-state index < -0.39 is 0 Å². The molecule has 22 heavy (non-hydrogen) atoms. The molecule has 0 bridgehead atoms. The van der Waals surface area contributed by atoms with E-state index in [2.05, 4.69) is 10.2 Å². The van der Waals surface area contributed by atoms with Crippen molar-refractivity contribution in [2.24, 2.45) is 5.92 Å². The van der Waals surface area contributed by atoms with Gasteiger partial charge in [-0.15, -0.1) is 0 Å². The summed E-state index contributed by atoms with van der Waals surface area (Å²) < 4.78 is 5.33. The third-order valence-corrected chi connectivity index (χ3v) is 4.10. The Labute approximate surface area is 130 Å². The first-order chi connectivity index (χ1) is 10.7. The molecule has 0 saturated carbocycles. The number of benzene rings is 1. The molecular formula is C17H21N3O2. The van der Waals surface area contributed by atoms with E-state index in [0.717, 1.165) is 29.8 Å². The van der Waals surface area contributed by atoms with Crippen molar-refractivity contribution < 1.29 is 9.53 Å². The number of carbonyl (C=O) groups excluding carboxylic acids is 1. The summed E-state index contributed by atoms with van der Waals surface area (Å²) in [6.45, 7) is 2.05. The lowest BCUT2D eigenvalue weighted by atomic mass is 10.0. The van der Waals surface area contributed by atoms with Crippen molar-refractivity contribution in [1.82, 2.24) is 15.1 Å². The number of carbonyl (C=O) groups is 1. The van der Waals surface area contributed by atoms with Gasteiger partial charge in [-0.3, -0.25) is 9.89 Å². The lowest BCUT2D eigenvalue weighted by Crippen LogP contribution is -2.28. The predicted octanol–water partition coefficient (Wildman–Crippen LogP) is 2.46. The van der Waals surface area contributed by atoms with Crippen LogP contribution in [0.25, 0.3) is 11.3 Å². The third kappa shape index (κ3) is 3.36. The highest BCUT2D eigenvalue weighted by molar-refractivity contribution is 5.76. The van der Waals surface area contributed by atoms with Crippen molar-refractivity contribution >= 4 is 5.91 Å². The number of ether oxygens (including phenoxy) is 1. The number of hydrogen-bond acceptors (Lipinski definition) is 3. The maximum Gasteiger partial charge on any atom is 0.222 e. The second-order valence-corrected chi connectivity index (χ2v) is 5.82. The van der Waals surface area contributed by atoms with Gasteiger partial charge in [0.05, 0.1) is 11.9 Å². The summed E-state index contributed by atoms with van der Waals surface area (Å²) in [6.07, 6.45) is 3.35. The second-order valence-electron chi connectivity index (χ2n) is 5.82. The van der Waals surface area contributed by atoms with Gasteiger partial charge < -0.3 is 9.64 Å². The Bertz CT molecular complexity index is 618. The number of aromatic amines is 1. The van der Waals surface area contributed by atoms with Crippen LogP contribution in [0.5, 0.6) is 0 Å². The van der Waals surface area contributed by atoms with E-state index in [9.17, 15) is 4.79 Å². The molecule has 1 aliphatic heterocycles. The molecule has 1 aliphatic rings. The lowest BCUT2D eigenvalue weighted by Gasteiger charge is -2.19. The summed E-state index contributed by atoms with van der Waals surface area (Å²) in [7, 11) is 1.85. The van der Waals surface area contributed by atoms with E-state index in [0.29, 0.717) is 25.5 Å². The molecule has 116 valence electrons. The number of rotatable bonds is 5. The Balaban J connectivity index is 1.65. The molecule has 1 fully saturated rings. The van der Waals surface area contributed by atoms with Crippen molar-refractivity contribution in [2.45, 2.75) is 19.4 Å². The van der Waals surface area contributed by atoms with Crippen molar-refractivity contribution in [2.75, 3.05) is 20.3 Å². The van der Waals surface area contributed by atoms with Gasteiger partial charge in [-0.2, -0.15) is 5.10 Å². The molecule has 2 heterocycles. The molecule has 1 aromatic carbocycles. The fourth-order valence-corrected chi connectivity index (χ4v) is 2.78. The van der Waals surface area contributed by atoms with Crippen LogP contribution in [0.15, 0.2) is 36.5 Å². The van der Waals surface area contributed by atoms with Gasteiger partial charge in [-0.25, -0.2) is 0 Å². The predicted molar refractivity (Wildman–Crippen MR) is 84.0 cm³/mol. The van der Waals surface area contributed by atoms with Crippen molar-refractivity contribution in [3.8, 4) is 11.3 Å². The summed E-state index contributed by atoms with van der Waals surface area (Å²) in [5.41, 5.74) is 3.09. The largest absolute Gasteiger partial charge is 0.381 e. The molecule has 5 heteroatoms. The van der Waals surface area contributed by atoms with E-state index in [4.69, 9.17) is 4.74 Å². The molecule has 1 saturated heterocycles. The number of nitrogens with zero attached hydrogens (tertiary/aromatic N) is 2. The maximum atomic E-state index is 12.3. The number of amides is 1. The highest BCUT2D eigenvalue weighted by Crippen LogP contribution is 2.23. The number of aromatic nitrogens is 2. The molecular weight excluding hydrogens is 278 g/mol. The summed E-state index contributed by atoms with van der Waals surface area (Å²) >= 11 is 0. The minimum absolute atomic E-state index is 0.163. The smallest absolute Gasteiger partial charge is 0.222 e. The lowest BCUT2D eigenvalue weighted by molar-refractivity contribution is -0.131. The Kier molecular flexibility index (Phi) is 4.53. The first-order valence-corrected chi connectivity index (χ1v) is 7.63. The molecule has 1 amide bonds. The quantitative estimate of drug-likeness (QED) is 0.922. The van der Waals surface area contributed by atoms with Gasteiger partial charge in [0.1, 0.15) is 0 Å². The van der Waals surface area contributed by atoms with Crippen LogP contribution in [0.2, 0.25) is 0 Å². The van der Waals surface area contributed by atoms with Crippen LogP contribution < -0.4 is 0 Å². The van der Waals surface area contributed by atoms with Crippen LogP contribution in [-0.4, -0.2) is 41.3 Å². The van der Waals surface area contributed by atoms with Crippen LogP contribution >= 0.6 is 0 Å². The monoisotopic (exact) mass is 299 g/mol. The third-order valence-electron chi connectivity index (χ3n) is 4.10. The van der Waals surface area contributed by atoms with Gasteiger partial charge in [-0.05, 0) is 17.9 Å². The van der Waals surface area contributed by atoms with Gasteiger partial charge in [-0.1, -0.05) is 30.3 Å². The number of H-pyrrole nitrogens is 1. The van der Waals surface area contributed by atoms with E-state index in [1.165, 1.54) is 0 Å². The van der Waals surface area contributed by atoms with Crippen LogP contribution in [0.3, 0.4) is 0 Å². The normalized spacial score (nSPS) is 17.6. The minimum Gasteiger partial charge on any atom is -0.381 e. The molecule has 5 nitrogen and oxygen atoms in total. The minimum atomic E-state index is 0.163. The SMILES string of the molecule is CN(Cc1cn[nH]c1-c1ccccc1)C(=O)C[C@@H]1CCOC1. The van der Waals surface area contributed by atoms with Crippen molar-refractivity contribution in [1.29, 1.82) is 0 Å². The van der Waals surface area contributed by atoms with Gasteiger partial charge in [0.15, 0.2) is 0 Å². The molecule has 1 atom stereocenters. The van der Waals surface area contributed by atoms with Gasteiger partial charge >= 0.3 is 0 Å². The average Bonchev–Trinajstić information content (AvgIpc) is 3.19. The first kappa shape index (κ1) is 14.8. The Morgan fingerprint density at radius 3 is 2.95 bits per heavy atom.